The van der Waals surface area contributed by atoms with E-state index in [9.17, 15) is 4.79 Å². The quantitative estimate of drug-likeness (QED) is 0.627. The lowest BCUT2D eigenvalue weighted by atomic mass is 10.2. The molecule has 1 heterocycles. The maximum absolute atomic E-state index is 10.1. The maximum atomic E-state index is 10.1. The summed E-state index contributed by atoms with van der Waals surface area (Å²) in [6, 6.07) is 7.75. The van der Waals surface area contributed by atoms with Crippen molar-refractivity contribution in [2.24, 2.45) is 4.99 Å². The molecule has 0 radical (unpaired) electrons. The molecule has 0 aliphatic heterocycles. The van der Waals surface area contributed by atoms with E-state index in [1.165, 1.54) is 23.0 Å². The Kier molecular flexibility index (Phi) is 3.82. The minimum Gasteiger partial charge on any atom is -0.483 e. The smallest absolute Gasteiger partial charge is 0.242 e. The van der Waals surface area contributed by atoms with Gasteiger partial charge in [-0.15, -0.1) is 15.2 Å². The van der Waals surface area contributed by atoms with Crippen LogP contribution in [0.4, 0.5) is 5.13 Å². The molecule has 5 nitrogen and oxygen atoms in total. The molecule has 1 aromatic heterocycles. The third-order valence-corrected chi connectivity index (χ3v) is 3.23. The van der Waals surface area contributed by atoms with Gasteiger partial charge in [0, 0.05) is 0 Å². The predicted octanol–water partition coefficient (Wildman–Crippen LogP) is 2.95. The SMILES string of the molecule is Cc1ccc(OC(C)c2nnc(N=C=O)s2)cc1. The van der Waals surface area contributed by atoms with E-state index in [-0.39, 0.29) is 6.10 Å². The van der Waals surface area contributed by atoms with E-state index in [2.05, 4.69) is 15.2 Å². The Balaban J connectivity index is 2.08. The van der Waals surface area contributed by atoms with Crippen LogP contribution in [0, 0.1) is 6.92 Å². The molecule has 2 rings (SSSR count). The molecule has 0 aliphatic carbocycles. The third-order valence-electron chi connectivity index (χ3n) is 2.25. The summed E-state index contributed by atoms with van der Waals surface area (Å²) in [6.45, 7) is 3.89. The van der Waals surface area contributed by atoms with Crippen molar-refractivity contribution < 1.29 is 9.53 Å². The maximum Gasteiger partial charge on any atom is 0.242 e. The Morgan fingerprint density at radius 2 is 2.06 bits per heavy atom. The molecule has 0 saturated carbocycles. The van der Waals surface area contributed by atoms with Crippen LogP contribution in [0.15, 0.2) is 29.3 Å². The van der Waals surface area contributed by atoms with Crippen molar-refractivity contribution in [2.75, 3.05) is 0 Å². The van der Waals surface area contributed by atoms with E-state index < -0.39 is 0 Å². The van der Waals surface area contributed by atoms with Gasteiger partial charge in [-0.3, -0.25) is 0 Å². The van der Waals surface area contributed by atoms with E-state index in [0.717, 1.165) is 5.75 Å². The molecular formula is C12H11N3O2S. The highest BCUT2D eigenvalue weighted by atomic mass is 32.1. The first kappa shape index (κ1) is 12.4. The molecule has 1 aromatic carbocycles. The van der Waals surface area contributed by atoms with E-state index in [0.29, 0.717) is 10.1 Å². The molecule has 0 spiro atoms. The third kappa shape index (κ3) is 3.00. The van der Waals surface area contributed by atoms with Gasteiger partial charge in [0.2, 0.25) is 11.2 Å². The van der Waals surface area contributed by atoms with Crippen LogP contribution in [0.5, 0.6) is 5.75 Å². The van der Waals surface area contributed by atoms with Gasteiger partial charge in [0.15, 0.2) is 5.01 Å². The molecule has 0 N–H and O–H groups in total. The van der Waals surface area contributed by atoms with E-state index in [1.807, 2.05) is 38.1 Å². The molecule has 0 amide bonds. The number of isocyanates is 1. The number of rotatable bonds is 4. The van der Waals surface area contributed by atoms with Crippen LogP contribution < -0.4 is 4.74 Å². The van der Waals surface area contributed by atoms with Crippen molar-refractivity contribution in [2.45, 2.75) is 20.0 Å². The summed E-state index contributed by atoms with van der Waals surface area (Å²) in [5, 5.41) is 8.62. The Morgan fingerprint density at radius 3 is 2.72 bits per heavy atom. The summed E-state index contributed by atoms with van der Waals surface area (Å²) < 4.78 is 5.71. The number of hydrogen-bond donors (Lipinski definition) is 0. The molecular weight excluding hydrogens is 250 g/mol. The highest BCUT2D eigenvalue weighted by Crippen LogP contribution is 2.27. The summed E-state index contributed by atoms with van der Waals surface area (Å²) in [7, 11) is 0. The topological polar surface area (TPSA) is 64.4 Å². The average Bonchev–Trinajstić information content (AvgIpc) is 2.81. The number of hydrogen-bond acceptors (Lipinski definition) is 6. The van der Waals surface area contributed by atoms with Gasteiger partial charge in [-0.05, 0) is 26.0 Å². The van der Waals surface area contributed by atoms with Gasteiger partial charge in [-0.2, -0.15) is 0 Å². The van der Waals surface area contributed by atoms with E-state index >= 15 is 0 Å². The van der Waals surface area contributed by atoms with Crippen LogP contribution in [-0.4, -0.2) is 16.3 Å². The summed E-state index contributed by atoms with van der Waals surface area (Å²) in [4.78, 5) is 13.5. The van der Waals surface area contributed by atoms with Gasteiger partial charge in [0.25, 0.3) is 0 Å². The summed E-state index contributed by atoms with van der Waals surface area (Å²) in [5.41, 5.74) is 1.17. The zero-order valence-corrected chi connectivity index (χ0v) is 10.8. The molecule has 92 valence electrons. The fraction of sp³-hybridized carbons (Fsp3) is 0.250. The van der Waals surface area contributed by atoms with Crippen LogP contribution in [0.2, 0.25) is 0 Å². The first-order valence-electron chi connectivity index (χ1n) is 5.33. The van der Waals surface area contributed by atoms with Crippen molar-refractivity contribution in [3.05, 3.63) is 34.8 Å². The van der Waals surface area contributed by atoms with Crippen molar-refractivity contribution in [3.63, 3.8) is 0 Å². The fourth-order valence-corrected chi connectivity index (χ4v) is 1.99. The molecule has 0 fully saturated rings. The molecule has 6 heteroatoms. The number of ether oxygens (including phenoxy) is 1. The molecule has 2 aromatic rings. The van der Waals surface area contributed by atoms with Gasteiger partial charge >= 0.3 is 0 Å². The monoisotopic (exact) mass is 261 g/mol. The average molecular weight is 261 g/mol. The predicted molar refractivity (Wildman–Crippen MR) is 67.9 cm³/mol. The Labute approximate surface area is 108 Å². The minimum atomic E-state index is -0.235. The van der Waals surface area contributed by atoms with Crippen LogP contribution in [-0.2, 0) is 4.79 Å². The Morgan fingerprint density at radius 1 is 1.33 bits per heavy atom. The zero-order chi connectivity index (χ0) is 13.0. The number of aryl methyl sites for hydroxylation is 1. The largest absolute Gasteiger partial charge is 0.483 e. The Bertz CT molecular complexity index is 573. The van der Waals surface area contributed by atoms with E-state index in [4.69, 9.17) is 4.74 Å². The van der Waals surface area contributed by atoms with Crippen molar-refractivity contribution in [3.8, 4) is 5.75 Å². The second-order valence-corrected chi connectivity index (χ2v) is 4.69. The van der Waals surface area contributed by atoms with Crippen molar-refractivity contribution in [1.29, 1.82) is 0 Å². The molecule has 18 heavy (non-hydrogen) atoms. The molecule has 1 atom stereocenters. The first-order chi connectivity index (χ1) is 8.69. The summed E-state index contributed by atoms with van der Waals surface area (Å²) >= 11 is 1.21. The second kappa shape index (κ2) is 5.53. The van der Waals surface area contributed by atoms with Crippen molar-refractivity contribution in [1.82, 2.24) is 10.2 Å². The number of benzene rings is 1. The second-order valence-electron chi connectivity index (χ2n) is 3.70. The van der Waals surface area contributed by atoms with Crippen molar-refractivity contribution >= 4 is 22.5 Å². The number of nitrogens with zero attached hydrogens (tertiary/aromatic N) is 3. The molecule has 0 saturated heterocycles. The van der Waals surface area contributed by atoms with Crippen LogP contribution in [0.3, 0.4) is 0 Å². The lowest BCUT2D eigenvalue weighted by Crippen LogP contribution is -2.02. The lowest BCUT2D eigenvalue weighted by Gasteiger charge is -2.11. The van der Waals surface area contributed by atoms with Crippen LogP contribution in [0.25, 0.3) is 0 Å². The number of carbonyl (C=O) groups excluding carboxylic acids is 1. The van der Waals surface area contributed by atoms with Crippen LogP contribution in [0.1, 0.15) is 23.6 Å². The molecule has 0 bridgehead atoms. The number of aromatic nitrogens is 2. The fourth-order valence-electron chi connectivity index (χ4n) is 1.35. The summed E-state index contributed by atoms with van der Waals surface area (Å²) in [6.07, 6.45) is 1.20. The standard InChI is InChI=1S/C12H11N3O2S/c1-8-3-5-10(6-4-8)17-9(2)11-14-15-12(18-11)13-7-16/h3-6,9H,1-2H3. The van der Waals surface area contributed by atoms with Gasteiger partial charge in [-0.1, -0.05) is 29.0 Å². The Hall–Kier alpha value is -2.04. The summed E-state index contributed by atoms with van der Waals surface area (Å²) in [5.74, 6) is 0.767. The zero-order valence-electron chi connectivity index (χ0n) is 9.95. The normalized spacial score (nSPS) is 11.7. The highest BCUT2D eigenvalue weighted by Gasteiger charge is 2.13. The minimum absolute atomic E-state index is 0.235. The van der Waals surface area contributed by atoms with E-state index in [1.54, 1.807) is 0 Å². The molecule has 1 unspecified atom stereocenters. The highest BCUT2D eigenvalue weighted by molar-refractivity contribution is 7.15. The van der Waals surface area contributed by atoms with Gasteiger partial charge in [0.05, 0.1) is 0 Å². The van der Waals surface area contributed by atoms with Gasteiger partial charge in [-0.25, -0.2) is 4.79 Å². The van der Waals surface area contributed by atoms with Gasteiger partial charge < -0.3 is 4.74 Å². The first-order valence-corrected chi connectivity index (χ1v) is 6.15. The van der Waals surface area contributed by atoms with Gasteiger partial charge in [0.1, 0.15) is 11.9 Å². The lowest BCUT2D eigenvalue weighted by molar-refractivity contribution is 0.225. The number of aliphatic imine (C=N–C) groups is 1. The van der Waals surface area contributed by atoms with Crippen LogP contribution >= 0.6 is 11.3 Å². The molecule has 0 aliphatic rings.